The molecule has 2 rings (SSSR count). The predicted octanol–water partition coefficient (Wildman–Crippen LogP) is 1.27. The second-order valence-electron chi connectivity index (χ2n) is 4.72. The number of rotatable bonds is 7. The van der Waals surface area contributed by atoms with E-state index in [-0.39, 0.29) is 17.2 Å². The Balaban J connectivity index is 1.77. The first-order chi connectivity index (χ1) is 9.20. The molecule has 0 heterocycles. The number of hydrogen-bond donors (Lipinski definition) is 3. The molecule has 1 fully saturated rings. The Hall–Kier alpha value is -1.75. The maximum absolute atomic E-state index is 11.9. The second-order valence-corrected chi connectivity index (χ2v) is 4.72. The van der Waals surface area contributed by atoms with Crippen molar-refractivity contribution >= 4 is 5.91 Å². The first-order valence-corrected chi connectivity index (χ1v) is 6.59. The highest BCUT2D eigenvalue weighted by Gasteiger charge is 2.19. The zero-order valence-corrected chi connectivity index (χ0v) is 11.1. The molecule has 3 N–H and O–H groups in total. The van der Waals surface area contributed by atoms with Crippen molar-refractivity contribution in [3.05, 3.63) is 23.8 Å². The molecule has 0 atom stereocenters. The van der Waals surface area contributed by atoms with Crippen molar-refractivity contribution in [2.45, 2.75) is 25.3 Å². The van der Waals surface area contributed by atoms with Gasteiger partial charge in [-0.3, -0.25) is 4.79 Å². The van der Waals surface area contributed by atoms with Gasteiger partial charge in [0.1, 0.15) is 11.5 Å². The van der Waals surface area contributed by atoms with Crippen molar-refractivity contribution in [1.82, 2.24) is 10.6 Å². The van der Waals surface area contributed by atoms with Crippen molar-refractivity contribution in [3.63, 3.8) is 0 Å². The molecule has 0 bridgehead atoms. The van der Waals surface area contributed by atoms with Crippen LogP contribution in [-0.2, 0) is 0 Å². The minimum Gasteiger partial charge on any atom is -0.507 e. The molecule has 0 unspecified atom stereocenters. The summed E-state index contributed by atoms with van der Waals surface area (Å²) in [6.07, 6.45) is 3.42. The van der Waals surface area contributed by atoms with Gasteiger partial charge in [0, 0.05) is 12.6 Å². The van der Waals surface area contributed by atoms with Crippen LogP contribution in [0.25, 0.3) is 0 Å². The lowest BCUT2D eigenvalue weighted by atomic mass is 10.1. The number of ether oxygens (including phenoxy) is 1. The van der Waals surface area contributed by atoms with Crippen LogP contribution in [0.2, 0.25) is 0 Å². The normalized spacial score (nSPS) is 14.2. The molecular weight excluding hydrogens is 244 g/mol. The number of methoxy groups -OCH3 is 1. The highest BCUT2D eigenvalue weighted by atomic mass is 16.5. The lowest BCUT2D eigenvalue weighted by molar-refractivity contribution is 0.0950. The first-order valence-electron chi connectivity index (χ1n) is 6.59. The van der Waals surface area contributed by atoms with E-state index in [2.05, 4.69) is 10.6 Å². The van der Waals surface area contributed by atoms with E-state index in [9.17, 15) is 9.90 Å². The molecule has 1 aliphatic rings. The molecule has 0 spiro atoms. The third-order valence-electron chi connectivity index (χ3n) is 3.10. The number of carbonyl (C=O) groups excluding carboxylic acids is 1. The third-order valence-corrected chi connectivity index (χ3v) is 3.10. The zero-order valence-electron chi connectivity index (χ0n) is 11.1. The molecule has 0 aliphatic heterocycles. The SMILES string of the molecule is COc1ccc(O)c(C(=O)NCCCNC2CC2)c1. The lowest BCUT2D eigenvalue weighted by Gasteiger charge is -2.08. The fraction of sp³-hybridized carbons (Fsp3) is 0.500. The Morgan fingerprint density at radius 3 is 2.89 bits per heavy atom. The number of amides is 1. The highest BCUT2D eigenvalue weighted by molar-refractivity contribution is 5.97. The Morgan fingerprint density at radius 1 is 1.42 bits per heavy atom. The van der Waals surface area contributed by atoms with Crippen LogP contribution in [0.3, 0.4) is 0 Å². The number of phenols is 1. The van der Waals surface area contributed by atoms with Gasteiger partial charge in [0.2, 0.25) is 0 Å². The van der Waals surface area contributed by atoms with Gasteiger partial charge < -0.3 is 20.5 Å². The van der Waals surface area contributed by atoms with Crippen LogP contribution in [0.5, 0.6) is 11.5 Å². The minimum atomic E-state index is -0.275. The summed E-state index contributed by atoms with van der Waals surface area (Å²) in [6.45, 7) is 1.50. The molecule has 0 aromatic heterocycles. The van der Waals surface area contributed by atoms with Crippen molar-refractivity contribution in [1.29, 1.82) is 0 Å². The Kier molecular flexibility index (Phi) is 4.63. The van der Waals surface area contributed by atoms with E-state index in [4.69, 9.17) is 4.74 Å². The number of carbonyl (C=O) groups is 1. The largest absolute Gasteiger partial charge is 0.507 e. The summed E-state index contributed by atoms with van der Waals surface area (Å²) in [6, 6.07) is 5.30. The van der Waals surface area contributed by atoms with Crippen molar-refractivity contribution in [3.8, 4) is 11.5 Å². The molecule has 1 aliphatic carbocycles. The summed E-state index contributed by atoms with van der Waals surface area (Å²) < 4.78 is 5.04. The lowest BCUT2D eigenvalue weighted by Crippen LogP contribution is -2.28. The third kappa shape index (κ3) is 4.13. The number of benzene rings is 1. The van der Waals surface area contributed by atoms with Crippen LogP contribution >= 0.6 is 0 Å². The molecule has 1 saturated carbocycles. The van der Waals surface area contributed by atoms with Gasteiger partial charge in [-0.1, -0.05) is 0 Å². The van der Waals surface area contributed by atoms with E-state index < -0.39 is 0 Å². The van der Waals surface area contributed by atoms with Gasteiger partial charge in [-0.2, -0.15) is 0 Å². The molecule has 5 nitrogen and oxygen atoms in total. The van der Waals surface area contributed by atoms with E-state index in [1.54, 1.807) is 6.07 Å². The van der Waals surface area contributed by atoms with Crippen molar-refractivity contribution in [2.75, 3.05) is 20.2 Å². The highest BCUT2D eigenvalue weighted by Crippen LogP contribution is 2.22. The monoisotopic (exact) mass is 264 g/mol. The maximum Gasteiger partial charge on any atom is 0.255 e. The van der Waals surface area contributed by atoms with Crippen LogP contribution in [0.15, 0.2) is 18.2 Å². The summed E-state index contributed by atoms with van der Waals surface area (Å²) in [5, 5.41) is 15.8. The van der Waals surface area contributed by atoms with Gasteiger partial charge in [-0.25, -0.2) is 0 Å². The molecule has 104 valence electrons. The van der Waals surface area contributed by atoms with Crippen molar-refractivity contribution in [2.24, 2.45) is 0 Å². The standard InChI is InChI=1S/C14H20N2O3/c1-19-11-5-6-13(17)12(9-11)14(18)16-8-2-7-15-10-3-4-10/h5-6,9-10,15,17H,2-4,7-8H2,1H3,(H,16,18). The topological polar surface area (TPSA) is 70.6 Å². The van der Waals surface area contributed by atoms with Gasteiger partial charge in [-0.15, -0.1) is 0 Å². The number of nitrogens with one attached hydrogen (secondary N) is 2. The summed E-state index contributed by atoms with van der Waals surface area (Å²) in [5.74, 6) is 0.246. The zero-order chi connectivity index (χ0) is 13.7. The molecule has 1 aromatic rings. The Morgan fingerprint density at radius 2 is 2.21 bits per heavy atom. The van der Waals surface area contributed by atoms with E-state index in [1.807, 2.05) is 0 Å². The Labute approximate surface area is 113 Å². The fourth-order valence-corrected chi connectivity index (χ4v) is 1.80. The molecular formula is C14H20N2O3. The van der Waals surface area contributed by atoms with Crippen LogP contribution in [-0.4, -0.2) is 37.3 Å². The fourth-order valence-electron chi connectivity index (χ4n) is 1.80. The van der Waals surface area contributed by atoms with Gasteiger partial charge >= 0.3 is 0 Å². The summed E-state index contributed by atoms with van der Waals surface area (Å²) in [4.78, 5) is 11.9. The molecule has 0 saturated heterocycles. The average Bonchev–Trinajstić information content (AvgIpc) is 3.23. The van der Waals surface area contributed by atoms with Gasteiger partial charge in [0.25, 0.3) is 5.91 Å². The number of aromatic hydroxyl groups is 1. The minimum absolute atomic E-state index is 0.0330. The summed E-state index contributed by atoms with van der Waals surface area (Å²) in [5.41, 5.74) is 0.245. The predicted molar refractivity (Wildman–Crippen MR) is 72.6 cm³/mol. The second kappa shape index (κ2) is 6.43. The van der Waals surface area contributed by atoms with E-state index in [0.29, 0.717) is 18.3 Å². The van der Waals surface area contributed by atoms with Gasteiger partial charge in [0.05, 0.1) is 12.7 Å². The first kappa shape index (κ1) is 13.7. The number of phenolic OH excluding ortho intramolecular Hbond substituents is 1. The molecule has 1 aromatic carbocycles. The smallest absolute Gasteiger partial charge is 0.255 e. The average molecular weight is 264 g/mol. The molecule has 5 heteroatoms. The van der Waals surface area contributed by atoms with E-state index in [0.717, 1.165) is 13.0 Å². The van der Waals surface area contributed by atoms with Crippen LogP contribution in [0, 0.1) is 0 Å². The quantitative estimate of drug-likeness (QED) is 0.649. The van der Waals surface area contributed by atoms with E-state index in [1.165, 1.54) is 32.1 Å². The molecule has 1 amide bonds. The summed E-state index contributed by atoms with van der Waals surface area (Å²) >= 11 is 0. The van der Waals surface area contributed by atoms with Gasteiger partial charge in [-0.05, 0) is 44.0 Å². The summed E-state index contributed by atoms with van der Waals surface area (Å²) in [7, 11) is 1.53. The van der Waals surface area contributed by atoms with E-state index >= 15 is 0 Å². The Bertz CT molecular complexity index is 444. The van der Waals surface area contributed by atoms with Crippen LogP contribution in [0.4, 0.5) is 0 Å². The van der Waals surface area contributed by atoms with Crippen LogP contribution < -0.4 is 15.4 Å². The maximum atomic E-state index is 11.9. The van der Waals surface area contributed by atoms with Gasteiger partial charge in [0.15, 0.2) is 0 Å². The molecule has 0 radical (unpaired) electrons. The number of hydrogen-bond acceptors (Lipinski definition) is 4. The van der Waals surface area contributed by atoms with Crippen LogP contribution in [0.1, 0.15) is 29.6 Å². The molecule has 19 heavy (non-hydrogen) atoms. The van der Waals surface area contributed by atoms with Crippen molar-refractivity contribution < 1.29 is 14.6 Å².